The lowest BCUT2D eigenvalue weighted by Crippen LogP contribution is -2.12. The lowest BCUT2D eigenvalue weighted by atomic mass is 9.96. The Balaban J connectivity index is 2.94. The molecule has 1 rings (SSSR count). The Bertz CT molecular complexity index is 313. The molecule has 0 aliphatic heterocycles. The van der Waals surface area contributed by atoms with Crippen molar-refractivity contribution in [3.8, 4) is 6.07 Å². The average Bonchev–Trinajstić information content (AvgIpc) is 2.09. The first-order chi connectivity index (χ1) is 6.15. The van der Waals surface area contributed by atoms with E-state index in [0.29, 0.717) is 5.56 Å². The van der Waals surface area contributed by atoms with Crippen molar-refractivity contribution in [2.75, 3.05) is 0 Å². The summed E-state index contributed by atoms with van der Waals surface area (Å²) < 4.78 is 12.5. The monoisotopic (exact) mass is 179 g/mol. The van der Waals surface area contributed by atoms with E-state index in [0.717, 1.165) is 0 Å². The number of hydrogen-bond acceptors (Lipinski definition) is 2. The average molecular weight is 179 g/mol. The summed E-state index contributed by atoms with van der Waals surface area (Å²) in [6.45, 7) is 1.54. The Morgan fingerprint density at radius 3 is 2.31 bits per heavy atom. The van der Waals surface area contributed by atoms with Crippen molar-refractivity contribution in [2.24, 2.45) is 0 Å². The zero-order valence-electron chi connectivity index (χ0n) is 7.24. The van der Waals surface area contributed by atoms with Gasteiger partial charge in [-0.3, -0.25) is 0 Å². The molecule has 3 heteroatoms. The van der Waals surface area contributed by atoms with Crippen molar-refractivity contribution in [3.63, 3.8) is 0 Å². The third kappa shape index (κ3) is 2.27. The van der Waals surface area contributed by atoms with Crippen LogP contribution in [0.5, 0.6) is 0 Å². The van der Waals surface area contributed by atoms with Gasteiger partial charge in [0, 0.05) is 0 Å². The van der Waals surface area contributed by atoms with E-state index in [1.165, 1.54) is 31.2 Å². The smallest absolute Gasteiger partial charge is 0.123 e. The highest BCUT2D eigenvalue weighted by Gasteiger charge is 2.15. The molecule has 0 fully saturated rings. The fourth-order valence-electron chi connectivity index (χ4n) is 1.13. The molecule has 2 atom stereocenters. The number of halogens is 1. The van der Waals surface area contributed by atoms with Crippen LogP contribution in [0.15, 0.2) is 24.3 Å². The number of hydrogen-bond donors (Lipinski definition) is 1. The first-order valence-corrected chi connectivity index (χ1v) is 3.98. The Hall–Kier alpha value is -1.40. The van der Waals surface area contributed by atoms with Crippen LogP contribution in [0.25, 0.3) is 0 Å². The summed E-state index contributed by atoms with van der Waals surface area (Å²) >= 11 is 0. The van der Waals surface area contributed by atoms with E-state index in [2.05, 4.69) is 0 Å². The van der Waals surface area contributed by atoms with Gasteiger partial charge in [0.1, 0.15) is 5.82 Å². The quantitative estimate of drug-likeness (QED) is 0.752. The highest BCUT2D eigenvalue weighted by atomic mass is 19.1. The molecule has 68 valence electrons. The van der Waals surface area contributed by atoms with Gasteiger partial charge in [-0.05, 0) is 24.6 Å². The highest BCUT2D eigenvalue weighted by Crippen LogP contribution is 2.18. The summed E-state index contributed by atoms with van der Waals surface area (Å²) in [4.78, 5) is 0. The van der Waals surface area contributed by atoms with Gasteiger partial charge in [0.2, 0.25) is 0 Å². The molecule has 0 radical (unpaired) electrons. The summed E-state index contributed by atoms with van der Waals surface area (Å²) in [7, 11) is 0. The molecule has 0 amide bonds. The normalized spacial score (nSPS) is 14.6. The Labute approximate surface area is 76.2 Å². The summed E-state index contributed by atoms with van der Waals surface area (Å²) in [6.07, 6.45) is -0.740. The standard InChI is InChI=1S/C10H10FNO/c1-7(13)10(6-12)8-2-4-9(11)5-3-8/h2-5,7,10,13H,1H3. The molecule has 0 bridgehead atoms. The van der Waals surface area contributed by atoms with E-state index >= 15 is 0 Å². The van der Waals surface area contributed by atoms with Crippen molar-refractivity contribution < 1.29 is 9.50 Å². The maximum absolute atomic E-state index is 12.5. The van der Waals surface area contributed by atoms with Crippen molar-refractivity contribution >= 4 is 0 Å². The molecule has 0 saturated heterocycles. The second-order valence-corrected chi connectivity index (χ2v) is 2.90. The minimum atomic E-state index is -0.740. The van der Waals surface area contributed by atoms with Gasteiger partial charge in [0.15, 0.2) is 0 Å². The summed E-state index contributed by atoms with van der Waals surface area (Å²) in [5, 5.41) is 17.9. The second-order valence-electron chi connectivity index (χ2n) is 2.90. The van der Waals surface area contributed by atoms with E-state index < -0.39 is 12.0 Å². The maximum Gasteiger partial charge on any atom is 0.123 e. The molecule has 1 aromatic rings. The number of nitrogens with zero attached hydrogens (tertiary/aromatic N) is 1. The number of rotatable bonds is 2. The van der Waals surface area contributed by atoms with Gasteiger partial charge >= 0.3 is 0 Å². The van der Waals surface area contributed by atoms with E-state index in [4.69, 9.17) is 5.26 Å². The minimum Gasteiger partial charge on any atom is -0.392 e. The van der Waals surface area contributed by atoms with Gasteiger partial charge in [-0.2, -0.15) is 5.26 Å². The van der Waals surface area contributed by atoms with Crippen molar-refractivity contribution in [1.29, 1.82) is 5.26 Å². The van der Waals surface area contributed by atoms with Gasteiger partial charge in [0.25, 0.3) is 0 Å². The molecule has 0 heterocycles. The fraction of sp³-hybridized carbons (Fsp3) is 0.300. The van der Waals surface area contributed by atoms with Crippen LogP contribution in [0, 0.1) is 17.1 Å². The van der Waals surface area contributed by atoms with E-state index in [1.54, 1.807) is 0 Å². The molecule has 2 unspecified atom stereocenters. The summed E-state index contributed by atoms with van der Waals surface area (Å²) in [5.74, 6) is -0.924. The highest BCUT2D eigenvalue weighted by molar-refractivity contribution is 5.26. The molecule has 2 nitrogen and oxygen atoms in total. The van der Waals surface area contributed by atoms with Crippen LogP contribution in [0.1, 0.15) is 18.4 Å². The number of nitriles is 1. The molecule has 0 saturated carbocycles. The molecule has 0 aliphatic carbocycles. The molecule has 0 spiro atoms. The molecular weight excluding hydrogens is 169 g/mol. The number of benzene rings is 1. The van der Waals surface area contributed by atoms with E-state index in [9.17, 15) is 9.50 Å². The zero-order valence-corrected chi connectivity index (χ0v) is 7.24. The van der Waals surface area contributed by atoms with Crippen LogP contribution in [-0.4, -0.2) is 11.2 Å². The third-order valence-corrected chi connectivity index (χ3v) is 1.85. The Morgan fingerprint density at radius 1 is 1.38 bits per heavy atom. The molecular formula is C10H10FNO. The van der Waals surface area contributed by atoms with Crippen LogP contribution in [0.2, 0.25) is 0 Å². The van der Waals surface area contributed by atoms with Gasteiger partial charge < -0.3 is 5.11 Å². The van der Waals surface area contributed by atoms with Crippen LogP contribution >= 0.6 is 0 Å². The molecule has 13 heavy (non-hydrogen) atoms. The maximum atomic E-state index is 12.5. The zero-order chi connectivity index (χ0) is 9.84. The number of aliphatic hydroxyl groups is 1. The molecule has 0 aromatic heterocycles. The Morgan fingerprint density at radius 2 is 1.92 bits per heavy atom. The van der Waals surface area contributed by atoms with E-state index in [-0.39, 0.29) is 5.82 Å². The number of aliphatic hydroxyl groups excluding tert-OH is 1. The van der Waals surface area contributed by atoms with Gasteiger partial charge in [-0.25, -0.2) is 4.39 Å². The molecule has 1 N–H and O–H groups in total. The van der Waals surface area contributed by atoms with Gasteiger partial charge in [-0.15, -0.1) is 0 Å². The topological polar surface area (TPSA) is 44.0 Å². The third-order valence-electron chi connectivity index (χ3n) is 1.85. The molecule has 1 aromatic carbocycles. The fourth-order valence-corrected chi connectivity index (χ4v) is 1.13. The van der Waals surface area contributed by atoms with Gasteiger partial charge in [0.05, 0.1) is 18.1 Å². The molecule has 0 aliphatic rings. The Kier molecular flexibility index (Phi) is 2.99. The lowest BCUT2D eigenvalue weighted by molar-refractivity contribution is 0.181. The lowest BCUT2D eigenvalue weighted by Gasteiger charge is -2.11. The first kappa shape index (κ1) is 9.69. The van der Waals surface area contributed by atoms with Crippen LogP contribution in [-0.2, 0) is 0 Å². The van der Waals surface area contributed by atoms with Gasteiger partial charge in [-0.1, -0.05) is 12.1 Å². The summed E-state index contributed by atoms with van der Waals surface area (Å²) in [5.41, 5.74) is 0.638. The van der Waals surface area contributed by atoms with Crippen LogP contribution < -0.4 is 0 Å². The largest absolute Gasteiger partial charge is 0.392 e. The summed E-state index contributed by atoms with van der Waals surface area (Å²) in [6, 6.07) is 7.54. The predicted molar refractivity (Wildman–Crippen MR) is 46.4 cm³/mol. The van der Waals surface area contributed by atoms with Crippen LogP contribution in [0.3, 0.4) is 0 Å². The van der Waals surface area contributed by atoms with E-state index in [1.807, 2.05) is 6.07 Å². The van der Waals surface area contributed by atoms with Crippen LogP contribution in [0.4, 0.5) is 4.39 Å². The first-order valence-electron chi connectivity index (χ1n) is 3.98. The van der Waals surface area contributed by atoms with Crippen molar-refractivity contribution in [1.82, 2.24) is 0 Å². The SMILES string of the molecule is CC(O)C(C#N)c1ccc(F)cc1. The minimum absolute atomic E-state index is 0.342. The van der Waals surface area contributed by atoms with Crippen molar-refractivity contribution in [2.45, 2.75) is 18.9 Å². The predicted octanol–water partition coefficient (Wildman–Crippen LogP) is 1.81. The van der Waals surface area contributed by atoms with Crippen molar-refractivity contribution in [3.05, 3.63) is 35.6 Å². The second kappa shape index (κ2) is 4.01.